The number of amides is 1. The lowest BCUT2D eigenvalue weighted by Crippen LogP contribution is -2.23. The third kappa shape index (κ3) is 4.46. The second-order valence-corrected chi connectivity index (χ2v) is 4.02. The molecule has 13 heavy (non-hydrogen) atoms. The van der Waals surface area contributed by atoms with Gasteiger partial charge in [0, 0.05) is 0 Å². The molecule has 0 aliphatic carbocycles. The van der Waals surface area contributed by atoms with Crippen molar-refractivity contribution < 1.29 is 4.79 Å². The van der Waals surface area contributed by atoms with Gasteiger partial charge >= 0.3 is 0 Å². The Hall–Kier alpha value is -0.310. The predicted octanol–water partition coefficient (Wildman–Crippen LogP) is 1.76. The summed E-state index contributed by atoms with van der Waals surface area (Å²) in [4.78, 5) is 10.9. The van der Waals surface area contributed by atoms with Crippen molar-refractivity contribution in [1.82, 2.24) is 5.32 Å². The zero-order chi connectivity index (χ0) is 10.3. The van der Waals surface area contributed by atoms with E-state index in [0.29, 0.717) is 0 Å². The van der Waals surface area contributed by atoms with Crippen LogP contribution in [0.25, 0.3) is 0 Å². The molecule has 0 heterocycles. The third-order valence-electron chi connectivity index (χ3n) is 1.07. The SMILES string of the molecule is CSC(SC)=C(C#N)NC(=O)CCl. The van der Waals surface area contributed by atoms with Crippen molar-refractivity contribution in [3.05, 3.63) is 9.93 Å². The van der Waals surface area contributed by atoms with Gasteiger partial charge in [0.25, 0.3) is 0 Å². The second kappa shape index (κ2) is 7.13. The summed E-state index contributed by atoms with van der Waals surface area (Å²) in [6.45, 7) is 0. The molecule has 72 valence electrons. The Morgan fingerprint density at radius 2 is 2.08 bits per heavy atom. The van der Waals surface area contributed by atoms with Crippen LogP contribution in [0.2, 0.25) is 0 Å². The summed E-state index contributed by atoms with van der Waals surface area (Å²) < 4.78 is 0.779. The third-order valence-corrected chi connectivity index (χ3v) is 3.47. The molecule has 0 atom stereocenters. The lowest BCUT2D eigenvalue weighted by atomic mass is 10.5. The number of thioether (sulfide) groups is 2. The highest BCUT2D eigenvalue weighted by molar-refractivity contribution is 8.21. The fourth-order valence-corrected chi connectivity index (χ4v) is 1.92. The minimum Gasteiger partial charge on any atom is -0.315 e. The van der Waals surface area contributed by atoms with Crippen LogP contribution in [0, 0.1) is 11.3 Å². The van der Waals surface area contributed by atoms with Crippen molar-refractivity contribution in [2.24, 2.45) is 0 Å². The van der Waals surface area contributed by atoms with E-state index in [4.69, 9.17) is 16.9 Å². The lowest BCUT2D eigenvalue weighted by molar-refractivity contribution is -0.117. The topological polar surface area (TPSA) is 52.9 Å². The van der Waals surface area contributed by atoms with E-state index in [2.05, 4.69) is 5.32 Å². The molecular formula is C7H9ClN2OS2. The Bertz CT molecular complexity index is 254. The number of nitrogens with zero attached hydrogens (tertiary/aromatic N) is 1. The fraction of sp³-hybridized carbons (Fsp3) is 0.429. The van der Waals surface area contributed by atoms with E-state index in [0.717, 1.165) is 4.24 Å². The molecule has 0 saturated carbocycles. The highest BCUT2D eigenvalue weighted by Gasteiger charge is 2.07. The molecule has 1 N–H and O–H groups in total. The number of allylic oxidation sites excluding steroid dienone is 1. The molecule has 0 aliphatic rings. The number of halogens is 1. The number of nitriles is 1. The smallest absolute Gasteiger partial charge is 0.239 e. The Morgan fingerprint density at radius 3 is 2.38 bits per heavy atom. The Morgan fingerprint density at radius 1 is 1.54 bits per heavy atom. The van der Waals surface area contributed by atoms with Crippen LogP contribution < -0.4 is 5.32 Å². The summed E-state index contributed by atoms with van der Waals surface area (Å²) in [5.74, 6) is -0.500. The van der Waals surface area contributed by atoms with Gasteiger partial charge in [0.15, 0.2) is 0 Å². The molecule has 0 aromatic heterocycles. The first-order valence-corrected chi connectivity index (χ1v) is 6.26. The van der Waals surface area contributed by atoms with Crippen LogP contribution in [-0.4, -0.2) is 24.3 Å². The molecule has 0 spiro atoms. The first-order chi connectivity index (χ1) is 6.19. The molecule has 0 rings (SSSR count). The number of hydrogen-bond donors (Lipinski definition) is 1. The van der Waals surface area contributed by atoms with E-state index >= 15 is 0 Å². The maximum Gasteiger partial charge on any atom is 0.239 e. The van der Waals surface area contributed by atoms with Crippen LogP contribution >= 0.6 is 35.1 Å². The van der Waals surface area contributed by atoms with Gasteiger partial charge in [0.2, 0.25) is 5.91 Å². The van der Waals surface area contributed by atoms with Crippen molar-refractivity contribution in [2.75, 3.05) is 18.4 Å². The molecule has 0 radical (unpaired) electrons. The maximum atomic E-state index is 10.9. The fourth-order valence-electron chi connectivity index (χ4n) is 0.585. The summed E-state index contributed by atoms with van der Waals surface area (Å²) in [6, 6.07) is 1.92. The highest BCUT2D eigenvalue weighted by atomic mass is 35.5. The van der Waals surface area contributed by atoms with Crippen LogP contribution in [0.3, 0.4) is 0 Å². The van der Waals surface area contributed by atoms with Crippen molar-refractivity contribution in [3.8, 4) is 6.07 Å². The minimum absolute atomic E-state index is 0.138. The van der Waals surface area contributed by atoms with Gasteiger partial charge in [0.05, 0.1) is 4.24 Å². The molecule has 0 bridgehead atoms. The summed E-state index contributed by atoms with van der Waals surface area (Å²) in [5.41, 5.74) is 0.269. The number of hydrogen-bond acceptors (Lipinski definition) is 4. The molecule has 0 fully saturated rings. The molecule has 0 aromatic carbocycles. The quantitative estimate of drug-likeness (QED) is 0.597. The number of rotatable bonds is 4. The van der Waals surface area contributed by atoms with Crippen LogP contribution in [-0.2, 0) is 4.79 Å². The van der Waals surface area contributed by atoms with Crippen molar-refractivity contribution in [1.29, 1.82) is 5.26 Å². The molecule has 0 unspecified atom stereocenters. The number of carbonyl (C=O) groups excluding carboxylic acids is 1. The van der Waals surface area contributed by atoms with Gasteiger partial charge in [0.1, 0.15) is 17.6 Å². The zero-order valence-electron chi connectivity index (χ0n) is 7.26. The predicted molar refractivity (Wildman–Crippen MR) is 58.5 cm³/mol. The van der Waals surface area contributed by atoms with Crippen LogP contribution in [0.1, 0.15) is 0 Å². The Labute approximate surface area is 90.9 Å². The van der Waals surface area contributed by atoms with Gasteiger partial charge in [-0.05, 0) is 12.5 Å². The van der Waals surface area contributed by atoms with Crippen molar-refractivity contribution in [3.63, 3.8) is 0 Å². The Balaban J connectivity index is 4.59. The summed E-state index contributed by atoms with van der Waals surface area (Å²) >= 11 is 8.12. The van der Waals surface area contributed by atoms with Gasteiger partial charge in [-0.25, -0.2) is 0 Å². The van der Waals surface area contributed by atoms with Gasteiger partial charge < -0.3 is 5.32 Å². The molecule has 6 heteroatoms. The second-order valence-electron chi connectivity index (χ2n) is 1.86. The average Bonchev–Trinajstić information content (AvgIpc) is 2.17. The first kappa shape index (κ1) is 12.7. The first-order valence-electron chi connectivity index (χ1n) is 3.27. The minimum atomic E-state index is -0.362. The molecule has 0 aliphatic heterocycles. The van der Waals surface area contributed by atoms with Crippen molar-refractivity contribution in [2.45, 2.75) is 0 Å². The number of nitrogens with one attached hydrogen (secondary N) is 1. The maximum absolute atomic E-state index is 10.9. The van der Waals surface area contributed by atoms with Crippen LogP contribution in [0.15, 0.2) is 9.93 Å². The molecule has 3 nitrogen and oxygen atoms in total. The number of carbonyl (C=O) groups is 1. The summed E-state index contributed by atoms with van der Waals surface area (Å²) in [5, 5.41) is 11.1. The number of alkyl halides is 1. The average molecular weight is 237 g/mol. The van der Waals surface area contributed by atoms with Crippen LogP contribution in [0.4, 0.5) is 0 Å². The van der Waals surface area contributed by atoms with E-state index in [9.17, 15) is 4.79 Å². The van der Waals surface area contributed by atoms with Crippen LogP contribution in [0.5, 0.6) is 0 Å². The molecular weight excluding hydrogens is 228 g/mol. The van der Waals surface area contributed by atoms with E-state index in [-0.39, 0.29) is 17.5 Å². The lowest BCUT2D eigenvalue weighted by Gasteiger charge is -2.04. The van der Waals surface area contributed by atoms with Gasteiger partial charge in [-0.1, -0.05) is 0 Å². The molecule has 0 aromatic rings. The van der Waals surface area contributed by atoms with E-state index in [1.165, 1.54) is 23.5 Å². The zero-order valence-corrected chi connectivity index (χ0v) is 9.65. The van der Waals surface area contributed by atoms with E-state index in [1.54, 1.807) is 0 Å². The van der Waals surface area contributed by atoms with Gasteiger partial charge in [-0.2, -0.15) is 5.26 Å². The molecule has 1 amide bonds. The van der Waals surface area contributed by atoms with Gasteiger partial charge in [-0.15, -0.1) is 35.1 Å². The standard InChI is InChI=1S/C7H9ClN2OS2/c1-12-7(13-2)5(4-9)10-6(11)3-8/h3H2,1-2H3,(H,10,11). The molecule has 0 saturated heterocycles. The Kier molecular flexibility index (Phi) is 6.96. The monoisotopic (exact) mass is 236 g/mol. The summed E-state index contributed by atoms with van der Waals surface area (Å²) in [7, 11) is 0. The van der Waals surface area contributed by atoms with Gasteiger partial charge in [-0.3, -0.25) is 4.79 Å². The summed E-state index contributed by atoms with van der Waals surface area (Å²) in [6.07, 6.45) is 3.69. The van der Waals surface area contributed by atoms with E-state index < -0.39 is 0 Å². The largest absolute Gasteiger partial charge is 0.315 e. The van der Waals surface area contributed by atoms with Crippen molar-refractivity contribution >= 4 is 41.0 Å². The highest BCUT2D eigenvalue weighted by Crippen LogP contribution is 2.25. The van der Waals surface area contributed by atoms with E-state index in [1.807, 2.05) is 18.6 Å². The normalized spacial score (nSPS) is 8.77.